The van der Waals surface area contributed by atoms with Crippen molar-refractivity contribution in [2.45, 2.75) is 27.3 Å². The van der Waals surface area contributed by atoms with Crippen LogP contribution in [0, 0.1) is 13.8 Å². The molecule has 1 aromatic heterocycles. The minimum Gasteiger partial charge on any atom is -0.340 e. The van der Waals surface area contributed by atoms with Crippen molar-refractivity contribution >= 4 is 17.4 Å². The number of nitrogens with one attached hydrogen (secondary N) is 1. The number of aryl methyl sites for hydroxylation is 2. The molecule has 0 bridgehead atoms. The van der Waals surface area contributed by atoms with E-state index in [4.69, 9.17) is 0 Å². The predicted octanol–water partition coefficient (Wildman–Crippen LogP) is 4.50. The summed E-state index contributed by atoms with van der Waals surface area (Å²) in [5.74, 6) is 0.509. The Morgan fingerprint density at radius 2 is 1.70 bits per heavy atom. The van der Waals surface area contributed by atoms with Crippen molar-refractivity contribution < 1.29 is 4.79 Å². The van der Waals surface area contributed by atoms with E-state index in [0.29, 0.717) is 24.6 Å². The van der Waals surface area contributed by atoms with Gasteiger partial charge in [-0.1, -0.05) is 48.5 Å². The first-order valence-electron chi connectivity index (χ1n) is 9.07. The number of nitrogens with zero attached hydrogens (tertiary/aromatic N) is 3. The fraction of sp³-hybridized carbons (Fsp3) is 0.227. The first-order chi connectivity index (χ1) is 13.1. The van der Waals surface area contributed by atoms with Gasteiger partial charge in [-0.15, -0.1) is 0 Å². The quantitative estimate of drug-likeness (QED) is 0.703. The van der Waals surface area contributed by atoms with Crippen molar-refractivity contribution in [1.82, 2.24) is 14.9 Å². The summed E-state index contributed by atoms with van der Waals surface area (Å²) in [5.41, 5.74) is 4.74. The van der Waals surface area contributed by atoms with Gasteiger partial charge in [0.15, 0.2) is 0 Å². The zero-order valence-corrected chi connectivity index (χ0v) is 15.9. The average Bonchev–Trinajstić information content (AvgIpc) is 2.69. The lowest BCUT2D eigenvalue weighted by Crippen LogP contribution is -2.31. The molecule has 1 heterocycles. The number of aromatic nitrogens is 2. The van der Waals surface area contributed by atoms with E-state index in [-0.39, 0.29) is 5.91 Å². The summed E-state index contributed by atoms with van der Waals surface area (Å²) >= 11 is 0. The Hall–Kier alpha value is -3.21. The summed E-state index contributed by atoms with van der Waals surface area (Å²) in [6, 6.07) is 17.8. The van der Waals surface area contributed by atoms with Gasteiger partial charge in [0.2, 0.25) is 0 Å². The number of hydrogen-bond acceptors (Lipinski definition) is 4. The summed E-state index contributed by atoms with van der Waals surface area (Å²) in [5, 5.41) is 3.32. The van der Waals surface area contributed by atoms with Gasteiger partial charge in [0.05, 0.1) is 0 Å². The summed E-state index contributed by atoms with van der Waals surface area (Å²) in [6.45, 7) is 7.22. The van der Waals surface area contributed by atoms with Crippen LogP contribution in [0.25, 0.3) is 0 Å². The second-order valence-electron chi connectivity index (χ2n) is 6.49. The van der Waals surface area contributed by atoms with Gasteiger partial charge in [-0.3, -0.25) is 4.79 Å². The number of carbonyl (C=O) groups excluding carboxylic acids is 1. The summed E-state index contributed by atoms with van der Waals surface area (Å²) < 4.78 is 0. The fourth-order valence-electron chi connectivity index (χ4n) is 2.98. The van der Waals surface area contributed by atoms with Gasteiger partial charge in [0.25, 0.3) is 5.91 Å². The molecular weight excluding hydrogens is 336 g/mol. The number of benzene rings is 2. The van der Waals surface area contributed by atoms with Crippen molar-refractivity contribution in [1.29, 1.82) is 0 Å². The second-order valence-corrected chi connectivity index (χ2v) is 6.49. The van der Waals surface area contributed by atoms with Crippen molar-refractivity contribution in [3.8, 4) is 0 Å². The Kier molecular flexibility index (Phi) is 5.81. The van der Waals surface area contributed by atoms with Crippen LogP contribution in [0.15, 0.2) is 60.9 Å². The highest BCUT2D eigenvalue weighted by atomic mass is 16.2. The molecule has 0 spiro atoms. The number of para-hydroxylation sites is 1. The molecule has 1 amide bonds. The van der Waals surface area contributed by atoms with Crippen molar-refractivity contribution in [2.75, 3.05) is 11.9 Å². The molecule has 0 saturated heterocycles. The molecule has 3 rings (SSSR count). The SMILES string of the molecule is CCN(Cc1ccccc1)C(=O)c1cc(Nc2c(C)cccc2C)ncn1. The standard InChI is InChI=1S/C22H24N4O/c1-4-26(14-18-11-6-5-7-12-18)22(27)19-13-20(24-15-23-19)25-21-16(2)9-8-10-17(21)3/h5-13,15H,4,14H2,1-3H3,(H,23,24,25). The van der Waals surface area contributed by atoms with Crippen LogP contribution in [0.1, 0.15) is 34.1 Å². The van der Waals surface area contributed by atoms with Gasteiger partial charge in [0, 0.05) is 24.8 Å². The van der Waals surface area contributed by atoms with Crippen LogP contribution in [0.3, 0.4) is 0 Å². The molecule has 0 aliphatic carbocycles. The molecule has 0 saturated carbocycles. The molecule has 27 heavy (non-hydrogen) atoms. The van der Waals surface area contributed by atoms with E-state index in [2.05, 4.69) is 15.3 Å². The highest BCUT2D eigenvalue weighted by Crippen LogP contribution is 2.23. The third-order valence-corrected chi connectivity index (χ3v) is 4.51. The molecule has 1 N–H and O–H groups in total. The van der Waals surface area contributed by atoms with Crippen molar-refractivity contribution in [2.24, 2.45) is 0 Å². The van der Waals surface area contributed by atoms with Gasteiger partial charge in [-0.2, -0.15) is 0 Å². The van der Waals surface area contributed by atoms with Gasteiger partial charge in [-0.05, 0) is 37.5 Å². The molecule has 0 unspecified atom stereocenters. The molecule has 5 nitrogen and oxygen atoms in total. The van der Waals surface area contributed by atoms with E-state index in [1.807, 2.05) is 69.3 Å². The fourth-order valence-corrected chi connectivity index (χ4v) is 2.98. The number of rotatable bonds is 6. The zero-order valence-electron chi connectivity index (χ0n) is 15.9. The van der Waals surface area contributed by atoms with E-state index < -0.39 is 0 Å². The highest BCUT2D eigenvalue weighted by Gasteiger charge is 2.17. The smallest absolute Gasteiger partial charge is 0.272 e. The number of carbonyl (C=O) groups is 1. The van der Waals surface area contributed by atoms with Gasteiger partial charge in [0.1, 0.15) is 17.8 Å². The van der Waals surface area contributed by atoms with Gasteiger partial charge >= 0.3 is 0 Å². The molecule has 0 radical (unpaired) electrons. The predicted molar refractivity (Wildman–Crippen MR) is 108 cm³/mol. The molecule has 2 aromatic carbocycles. The molecular formula is C22H24N4O. The lowest BCUT2D eigenvalue weighted by atomic mass is 10.1. The molecule has 5 heteroatoms. The van der Waals surface area contributed by atoms with Crippen LogP contribution < -0.4 is 5.32 Å². The Balaban J connectivity index is 1.80. The minimum absolute atomic E-state index is 0.103. The van der Waals surface area contributed by atoms with E-state index >= 15 is 0 Å². The first-order valence-corrected chi connectivity index (χ1v) is 9.07. The third kappa shape index (κ3) is 4.50. The maximum atomic E-state index is 12.9. The van der Waals surface area contributed by atoms with Crippen molar-refractivity contribution in [3.05, 3.63) is 83.3 Å². The first kappa shape index (κ1) is 18.6. The molecule has 0 aliphatic heterocycles. The molecule has 0 fully saturated rings. The van der Waals surface area contributed by atoms with E-state index in [0.717, 1.165) is 22.4 Å². The van der Waals surface area contributed by atoms with Crippen LogP contribution >= 0.6 is 0 Å². The van der Waals surface area contributed by atoms with Crippen LogP contribution in [-0.2, 0) is 6.54 Å². The lowest BCUT2D eigenvalue weighted by Gasteiger charge is -2.21. The molecule has 3 aromatic rings. The minimum atomic E-state index is -0.103. The summed E-state index contributed by atoms with van der Waals surface area (Å²) in [7, 11) is 0. The Morgan fingerprint density at radius 3 is 2.37 bits per heavy atom. The maximum absolute atomic E-state index is 12.9. The van der Waals surface area contributed by atoms with E-state index in [1.165, 1.54) is 6.33 Å². The van der Waals surface area contributed by atoms with Crippen LogP contribution in [0.4, 0.5) is 11.5 Å². The Bertz CT molecular complexity index is 904. The van der Waals surface area contributed by atoms with E-state index in [9.17, 15) is 4.79 Å². The maximum Gasteiger partial charge on any atom is 0.272 e. The normalized spacial score (nSPS) is 10.5. The summed E-state index contributed by atoms with van der Waals surface area (Å²) in [4.78, 5) is 23.2. The Morgan fingerprint density at radius 1 is 1.00 bits per heavy atom. The third-order valence-electron chi connectivity index (χ3n) is 4.51. The molecule has 0 atom stereocenters. The van der Waals surface area contributed by atoms with Gasteiger partial charge in [-0.25, -0.2) is 9.97 Å². The summed E-state index contributed by atoms with van der Waals surface area (Å²) in [6.07, 6.45) is 1.43. The second kappa shape index (κ2) is 8.45. The van der Waals surface area contributed by atoms with Gasteiger partial charge < -0.3 is 10.2 Å². The Labute approximate surface area is 160 Å². The van der Waals surface area contributed by atoms with E-state index in [1.54, 1.807) is 11.0 Å². The largest absolute Gasteiger partial charge is 0.340 e. The zero-order chi connectivity index (χ0) is 19.2. The molecule has 0 aliphatic rings. The van der Waals surface area contributed by atoms with Crippen LogP contribution in [0.5, 0.6) is 0 Å². The monoisotopic (exact) mass is 360 g/mol. The molecule has 138 valence electrons. The van der Waals surface area contributed by atoms with Crippen molar-refractivity contribution in [3.63, 3.8) is 0 Å². The average molecular weight is 360 g/mol. The number of amides is 1. The number of hydrogen-bond donors (Lipinski definition) is 1. The number of anilines is 2. The van der Waals surface area contributed by atoms with Crippen LogP contribution in [-0.4, -0.2) is 27.3 Å². The lowest BCUT2D eigenvalue weighted by molar-refractivity contribution is 0.0746. The highest BCUT2D eigenvalue weighted by molar-refractivity contribution is 5.93. The topological polar surface area (TPSA) is 58.1 Å². The van der Waals surface area contributed by atoms with Crippen LogP contribution in [0.2, 0.25) is 0 Å².